The smallest absolute Gasteiger partial charge is 0.393 e. The minimum absolute atomic E-state index is 0.514. The van der Waals surface area contributed by atoms with E-state index in [1.54, 1.807) is 0 Å². The fraction of sp³-hybridized carbons (Fsp3) is 0.500. The fourth-order valence-electron chi connectivity index (χ4n) is 1.16. The quantitative estimate of drug-likeness (QED) is 0.687. The van der Waals surface area contributed by atoms with Crippen LogP contribution in [0.4, 0.5) is 26.3 Å². The zero-order valence-electron chi connectivity index (χ0n) is 8.59. The van der Waals surface area contributed by atoms with Crippen molar-refractivity contribution in [2.24, 2.45) is 11.7 Å². The minimum atomic E-state index is -4.73. The SMILES string of the molecule is NC(=S)C(Cn1ccc(C(F)(F)F)n1)C(F)(F)F. The molecule has 0 saturated heterocycles. The van der Waals surface area contributed by atoms with Crippen LogP contribution in [0, 0.1) is 5.92 Å². The van der Waals surface area contributed by atoms with Crippen molar-refractivity contribution < 1.29 is 26.3 Å². The van der Waals surface area contributed by atoms with Gasteiger partial charge in [0.1, 0.15) is 5.92 Å². The highest BCUT2D eigenvalue weighted by Gasteiger charge is 2.42. The molecule has 18 heavy (non-hydrogen) atoms. The van der Waals surface area contributed by atoms with E-state index in [1.807, 2.05) is 0 Å². The van der Waals surface area contributed by atoms with Gasteiger partial charge in [-0.25, -0.2) is 0 Å². The molecule has 1 rings (SSSR count). The van der Waals surface area contributed by atoms with E-state index in [4.69, 9.17) is 5.73 Å². The number of nitrogens with two attached hydrogens (primary N) is 1. The second-order valence-electron chi connectivity index (χ2n) is 3.42. The first-order chi connectivity index (χ1) is 8.01. The van der Waals surface area contributed by atoms with Crippen LogP contribution in [0.25, 0.3) is 0 Å². The van der Waals surface area contributed by atoms with E-state index in [0.717, 1.165) is 6.20 Å². The van der Waals surface area contributed by atoms with Gasteiger partial charge in [-0.3, -0.25) is 4.68 Å². The summed E-state index contributed by atoms with van der Waals surface area (Å²) in [5, 5.41) is 2.99. The molecule has 3 nitrogen and oxygen atoms in total. The molecule has 0 saturated carbocycles. The molecule has 0 aliphatic heterocycles. The van der Waals surface area contributed by atoms with Crippen LogP contribution in [-0.4, -0.2) is 20.9 Å². The molecule has 1 unspecified atom stereocenters. The van der Waals surface area contributed by atoms with Gasteiger partial charge >= 0.3 is 12.4 Å². The predicted molar refractivity (Wildman–Crippen MR) is 53.6 cm³/mol. The topological polar surface area (TPSA) is 43.8 Å². The zero-order chi connectivity index (χ0) is 14.1. The minimum Gasteiger partial charge on any atom is -0.393 e. The molecule has 2 N–H and O–H groups in total. The van der Waals surface area contributed by atoms with Crippen molar-refractivity contribution >= 4 is 17.2 Å². The van der Waals surface area contributed by atoms with Crippen molar-refractivity contribution in [3.05, 3.63) is 18.0 Å². The van der Waals surface area contributed by atoms with Crippen molar-refractivity contribution in [1.29, 1.82) is 0 Å². The van der Waals surface area contributed by atoms with Crippen molar-refractivity contribution in [2.45, 2.75) is 18.9 Å². The highest BCUT2D eigenvalue weighted by molar-refractivity contribution is 7.80. The molecule has 0 amide bonds. The lowest BCUT2D eigenvalue weighted by molar-refractivity contribution is -0.158. The lowest BCUT2D eigenvalue weighted by Crippen LogP contribution is -2.37. The Morgan fingerprint density at radius 1 is 1.33 bits per heavy atom. The number of aromatic nitrogens is 2. The number of hydrogen-bond donors (Lipinski definition) is 1. The molecule has 10 heteroatoms. The lowest BCUT2D eigenvalue weighted by atomic mass is 10.1. The van der Waals surface area contributed by atoms with Gasteiger partial charge in [0.15, 0.2) is 5.69 Å². The van der Waals surface area contributed by atoms with Crippen molar-refractivity contribution in [2.75, 3.05) is 0 Å². The van der Waals surface area contributed by atoms with Gasteiger partial charge in [0.05, 0.1) is 11.5 Å². The highest BCUT2D eigenvalue weighted by atomic mass is 32.1. The third kappa shape index (κ3) is 3.59. The van der Waals surface area contributed by atoms with E-state index in [9.17, 15) is 26.3 Å². The average Bonchev–Trinajstić information content (AvgIpc) is 2.58. The van der Waals surface area contributed by atoms with E-state index in [2.05, 4.69) is 17.3 Å². The summed E-state index contributed by atoms with van der Waals surface area (Å²) in [6, 6.07) is 0.576. The van der Waals surface area contributed by atoms with Gasteiger partial charge in [-0.15, -0.1) is 0 Å². The van der Waals surface area contributed by atoms with E-state index >= 15 is 0 Å². The maximum atomic E-state index is 12.5. The number of hydrogen-bond acceptors (Lipinski definition) is 2. The second-order valence-corrected chi connectivity index (χ2v) is 3.89. The highest BCUT2D eigenvalue weighted by Crippen LogP contribution is 2.30. The summed E-state index contributed by atoms with van der Waals surface area (Å²) in [5.41, 5.74) is 3.64. The van der Waals surface area contributed by atoms with Crippen LogP contribution in [0.2, 0.25) is 0 Å². The van der Waals surface area contributed by atoms with Gasteiger partial charge in [-0.05, 0) is 6.07 Å². The first-order valence-electron chi connectivity index (χ1n) is 4.48. The van der Waals surface area contributed by atoms with Gasteiger partial charge in [-0.1, -0.05) is 12.2 Å². The average molecular weight is 291 g/mol. The van der Waals surface area contributed by atoms with Gasteiger partial charge < -0.3 is 5.73 Å². The molecular formula is C8H7F6N3S. The molecule has 1 aromatic heterocycles. The zero-order valence-corrected chi connectivity index (χ0v) is 9.40. The molecule has 1 atom stereocenters. The number of alkyl halides is 6. The summed E-state index contributed by atoms with van der Waals surface area (Å²) in [4.78, 5) is -0.841. The third-order valence-corrected chi connectivity index (χ3v) is 2.32. The Bertz CT molecular complexity index is 435. The summed E-state index contributed by atoms with van der Waals surface area (Å²) < 4.78 is 74.5. The Morgan fingerprint density at radius 3 is 2.22 bits per heavy atom. The van der Waals surface area contributed by atoms with Crippen LogP contribution in [0.1, 0.15) is 5.69 Å². The summed E-state index contributed by atoms with van der Waals surface area (Å²) in [6.07, 6.45) is -8.64. The first kappa shape index (κ1) is 14.7. The van der Waals surface area contributed by atoms with Crippen LogP contribution < -0.4 is 5.73 Å². The number of nitrogens with zero attached hydrogens (tertiary/aromatic N) is 2. The largest absolute Gasteiger partial charge is 0.435 e. The Labute approximate surface area is 103 Å². The van der Waals surface area contributed by atoms with Crippen molar-refractivity contribution in [1.82, 2.24) is 9.78 Å². The number of rotatable bonds is 3. The van der Waals surface area contributed by atoms with Crippen molar-refractivity contribution in [3.8, 4) is 0 Å². The third-order valence-electron chi connectivity index (χ3n) is 2.04. The van der Waals surface area contributed by atoms with Gasteiger partial charge in [-0.2, -0.15) is 31.4 Å². The van der Waals surface area contributed by atoms with Crippen LogP contribution in [0.5, 0.6) is 0 Å². The Morgan fingerprint density at radius 2 is 1.89 bits per heavy atom. The van der Waals surface area contributed by atoms with Gasteiger partial charge in [0.2, 0.25) is 0 Å². The van der Waals surface area contributed by atoms with Gasteiger partial charge in [0.25, 0.3) is 0 Å². The van der Waals surface area contributed by atoms with Crippen molar-refractivity contribution in [3.63, 3.8) is 0 Å². The van der Waals surface area contributed by atoms with E-state index in [1.165, 1.54) is 0 Å². The molecule has 0 bridgehead atoms. The molecule has 0 aromatic carbocycles. The number of thiocarbonyl (C=S) groups is 1. The molecule has 0 radical (unpaired) electrons. The Balaban J connectivity index is 2.90. The van der Waals surface area contributed by atoms with Gasteiger partial charge in [0, 0.05) is 6.20 Å². The van der Waals surface area contributed by atoms with Crippen LogP contribution in [0.3, 0.4) is 0 Å². The van der Waals surface area contributed by atoms with E-state index in [0.29, 0.717) is 10.7 Å². The lowest BCUT2D eigenvalue weighted by Gasteiger charge is -2.18. The van der Waals surface area contributed by atoms with Crippen LogP contribution in [-0.2, 0) is 12.7 Å². The number of halogens is 6. The normalized spacial score (nSPS) is 14.6. The molecule has 0 aliphatic rings. The maximum Gasteiger partial charge on any atom is 0.435 e. The summed E-state index contributed by atoms with van der Waals surface area (Å²) in [5.74, 6) is -2.21. The molecule has 1 aromatic rings. The van der Waals surface area contributed by atoms with Crippen LogP contribution in [0.15, 0.2) is 12.3 Å². The molecular weight excluding hydrogens is 284 g/mol. The first-order valence-corrected chi connectivity index (χ1v) is 4.89. The summed E-state index contributed by atoms with van der Waals surface area (Å²) in [6.45, 7) is -0.880. The second kappa shape index (κ2) is 4.75. The fourth-order valence-corrected chi connectivity index (χ4v) is 1.36. The van der Waals surface area contributed by atoms with E-state index in [-0.39, 0.29) is 0 Å². The molecule has 0 fully saturated rings. The maximum absolute atomic E-state index is 12.5. The molecule has 0 aliphatic carbocycles. The molecule has 102 valence electrons. The standard InChI is InChI=1S/C8H7F6N3S/c9-7(10,11)4(6(15)18)3-17-2-1-5(16-17)8(12,13)14/h1-2,4H,3H2,(H2,15,18). The monoisotopic (exact) mass is 291 g/mol. The Hall–Kier alpha value is -1.32. The predicted octanol–water partition coefficient (Wildman–Crippen LogP) is 2.37. The van der Waals surface area contributed by atoms with E-state index < -0.39 is 35.5 Å². The summed E-state index contributed by atoms with van der Waals surface area (Å²) in [7, 11) is 0. The molecule has 1 heterocycles. The molecule has 0 spiro atoms. The Kier molecular flexibility index (Phi) is 3.89. The summed E-state index contributed by atoms with van der Waals surface area (Å²) >= 11 is 4.24. The van der Waals surface area contributed by atoms with Crippen LogP contribution >= 0.6 is 12.2 Å².